The summed E-state index contributed by atoms with van der Waals surface area (Å²) in [5.41, 5.74) is 1.72. The molecule has 1 aromatic carbocycles. The average molecular weight is 366 g/mol. The van der Waals surface area contributed by atoms with E-state index >= 15 is 0 Å². The second kappa shape index (κ2) is 6.71. The third-order valence-corrected chi connectivity index (χ3v) is 5.02. The molecule has 1 aliphatic heterocycles. The monoisotopic (exact) mass is 366 g/mol. The number of aromatic amines is 1. The lowest BCUT2D eigenvalue weighted by atomic mass is 9.89. The lowest BCUT2D eigenvalue weighted by Gasteiger charge is -2.16. The van der Waals surface area contributed by atoms with Gasteiger partial charge in [-0.15, -0.1) is 0 Å². The number of carboxylic acid groups (broad SMARTS) is 1. The van der Waals surface area contributed by atoms with Gasteiger partial charge < -0.3 is 19.7 Å². The van der Waals surface area contributed by atoms with Gasteiger partial charge >= 0.3 is 5.97 Å². The number of amides is 1. The van der Waals surface area contributed by atoms with Crippen molar-refractivity contribution in [3.63, 3.8) is 0 Å². The number of fused-ring (bicyclic) bond motifs is 1. The molecule has 3 aromatic rings. The molecule has 3 heterocycles. The van der Waals surface area contributed by atoms with Crippen LogP contribution in [-0.4, -0.2) is 57.0 Å². The van der Waals surface area contributed by atoms with Gasteiger partial charge in [-0.2, -0.15) is 0 Å². The summed E-state index contributed by atoms with van der Waals surface area (Å²) in [6.45, 7) is 0.457. The number of aromatic nitrogens is 3. The number of ether oxygens (including phenoxy) is 1. The Morgan fingerprint density at radius 1 is 1.19 bits per heavy atom. The van der Waals surface area contributed by atoms with Gasteiger partial charge in [0, 0.05) is 25.2 Å². The number of carbonyl (C=O) groups excluding carboxylic acids is 1. The number of aliphatic carboxylic acids is 1. The minimum absolute atomic E-state index is 0.140. The van der Waals surface area contributed by atoms with Gasteiger partial charge in [0.2, 0.25) is 0 Å². The van der Waals surface area contributed by atoms with E-state index in [0.29, 0.717) is 23.3 Å². The molecule has 0 radical (unpaired) electrons. The highest BCUT2D eigenvalue weighted by molar-refractivity contribution is 6.03. The van der Waals surface area contributed by atoms with Crippen molar-refractivity contribution in [2.75, 3.05) is 20.2 Å². The van der Waals surface area contributed by atoms with Crippen molar-refractivity contribution in [3.8, 4) is 5.75 Å². The van der Waals surface area contributed by atoms with E-state index in [2.05, 4.69) is 15.0 Å². The topological polar surface area (TPSA) is 108 Å². The molecule has 1 amide bonds. The summed E-state index contributed by atoms with van der Waals surface area (Å²) in [6.07, 6.45) is 3.03. The second-order valence-electron chi connectivity index (χ2n) is 6.50. The van der Waals surface area contributed by atoms with Gasteiger partial charge in [0.05, 0.1) is 18.4 Å². The van der Waals surface area contributed by atoms with Crippen molar-refractivity contribution < 1.29 is 19.4 Å². The third-order valence-electron chi connectivity index (χ3n) is 5.02. The van der Waals surface area contributed by atoms with Crippen molar-refractivity contribution in [1.29, 1.82) is 0 Å². The highest BCUT2D eigenvalue weighted by Crippen LogP contribution is 2.34. The molecule has 1 aliphatic rings. The second-order valence-corrected chi connectivity index (χ2v) is 6.50. The highest BCUT2D eigenvalue weighted by atomic mass is 16.5. The molecule has 1 fully saturated rings. The fraction of sp³-hybridized carbons (Fsp3) is 0.263. The smallest absolute Gasteiger partial charge is 0.308 e. The third kappa shape index (κ3) is 2.99. The van der Waals surface area contributed by atoms with E-state index in [1.54, 1.807) is 36.4 Å². The van der Waals surface area contributed by atoms with Crippen LogP contribution in [0.3, 0.4) is 0 Å². The SMILES string of the molecule is COc1ccc([C@@H]2CN(C(=O)c3ncnc4[nH]ccc34)C[C@H]2C(=O)O)cc1. The summed E-state index contributed by atoms with van der Waals surface area (Å²) in [6, 6.07) is 9.04. The van der Waals surface area contributed by atoms with Gasteiger partial charge in [-0.3, -0.25) is 9.59 Å². The van der Waals surface area contributed by atoms with Crippen LogP contribution >= 0.6 is 0 Å². The van der Waals surface area contributed by atoms with Crippen LogP contribution in [0.15, 0.2) is 42.9 Å². The zero-order valence-corrected chi connectivity index (χ0v) is 14.6. The number of nitrogens with one attached hydrogen (secondary N) is 1. The molecule has 138 valence electrons. The summed E-state index contributed by atoms with van der Waals surface area (Å²) in [7, 11) is 1.58. The summed E-state index contributed by atoms with van der Waals surface area (Å²) in [5.74, 6) is -1.47. The van der Waals surface area contributed by atoms with Crippen LogP contribution in [-0.2, 0) is 4.79 Å². The molecular weight excluding hydrogens is 348 g/mol. The van der Waals surface area contributed by atoms with Crippen LogP contribution in [0.2, 0.25) is 0 Å². The molecule has 2 aromatic heterocycles. The number of methoxy groups -OCH3 is 1. The zero-order valence-electron chi connectivity index (χ0n) is 14.6. The molecule has 1 saturated heterocycles. The minimum Gasteiger partial charge on any atom is -0.497 e. The number of hydrogen-bond acceptors (Lipinski definition) is 5. The van der Waals surface area contributed by atoms with Gasteiger partial charge in [0.15, 0.2) is 0 Å². The first kappa shape index (κ1) is 17.0. The Kier molecular flexibility index (Phi) is 4.23. The number of carboxylic acids is 1. The highest BCUT2D eigenvalue weighted by Gasteiger charge is 2.41. The molecule has 2 N–H and O–H groups in total. The predicted octanol–water partition coefficient (Wildman–Crippen LogP) is 1.91. The first-order valence-electron chi connectivity index (χ1n) is 8.52. The summed E-state index contributed by atoms with van der Waals surface area (Å²) in [5, 5.41) is 10.3. The first-order chi connectivity index (χ1) is 13.1. The number of hydrogen-bond donors (Lipinski definition) is 2. The molecule has 0 unspecified atom stereocenters. The molecule has 8 heteroatoms. The zero-order chi connectivity index (χ0) is 19.0. The lowest BCUT2D eigenvalue weighted by molar-refractivity contribution is -0.141. The summed E-state index contributed by atoms with van der Waals surface area (Å²) in [4.78, 5) is 37.5. The van der Waals surface area contributed by atoms with Crippen LogP contribution in [0.4, 0.5) is 0 Å². The molecule has 0 bridgehead atoms. The number of rotatable bonds is 4. The van der Waals surface area contributed by atoms with Crippen molar-refractivity contribution in [2.45, 2.75) is 5.92 Å². The Morgan fingerprint density at radius 2 is 1.96 bits per heavy atom. The van der Waals surface area contributed by atoms with Crippen molar-refractivity contribution in [2.24, 2.45) is 5.92 Å². The predicted molar refractivity (Wildman–Crippen MR) is 96.7 cm³/mol. The maximum absolute atomic E-state index is 13.0. The fourth-order valence-corrected chi connectivity index (χ4v) is 3.60. The van der Waals surface area contributed by atoms with Crippen molar-refractivity contribution in [1.82, 2.24) is 19.9 Å². The van der Waals surface area contributed by atoms with Gasteiger partial charge in [0.1, 0.15) is 23.4 Å². The Labute approximate surface area is 154 Å². The number of carbonyl (C=O) groups is 2. The molecule has 0 aliphatic carbocycles. The van der Waals surface area contributed by atoms with Crippen molar-refractivity contribution in [3.05, 3.63) is 54.1 Å². The van der Waals surface area contributed by atoms with Gasteiger partial charge in [-0.05, 0) is 23.8 Å². The van der Waals surface area contributed by atoms with Gasteiger partial charge in [0.25, 0.3) is 5.91 Å². The Hall–Kier alpha value is -3.42. The maximum Gasteiger partial charge on any atom is 0.308 e. The van der Waals surface area contributed by atoms with Gasteiger partial charge in [-0.25, -0.2) is 9.97 Å². The van der Waals surface area contributed by atoms with Crippen LogP contribution < -0.4 is 4.74 Å². The largest absolute Gasteiger partial charge is 0.497 e. The van der Waals surface area contributed by atoms with E-state index < -0.39 is 11.9 Å². The first-order valence-corrected chi connectivity index (χ1v) is 8.52. The minimum atomic E-state index is -0.916. The summed E-state index contributed by atoms with van der Waals surface area (Å²) >= 11 is 0. The summed E-state index contributed by atoms with van der Waals surface area (Å²) < 4.78 is 5.16. The Bertz CT molecular complexity index is 998. The van der Waals surface area contributed by atoms with Crippen molar-refractivity contribution >= 4 is 22.9 Å². The standard InChI is InChI=1S/C19H18N4O4/c1-27-12-4-2-11(3-5-12)14-8-23(9-15(14)19(25)26)18(24)16-13-6-7-20-17(13)22-10-21-16/h2-7,10,14-15H,8-9H2,1H3,(H,25,26)(H,20,21,22)/t14-,15+/m0/s1. The van der Waals surface area contributed by atoms with E-state index in [4.69, 9.17) is 4.74 Å². The van der Waals surface area contributed by atoms with Crippen LogP contribution in [0.1, 0.15) is 22.0 Å². The van der Waals surface area contributed by atoms with E-state index in [1.807, 2.05) is 12.1 Å². The Morgan fingerprint density at radius 3 is 2.67 bits per heavy atom. The molecule has 2 atom stereocenters. The van der Waals surface area contributed by atoms with Gasteiger partial charge in [-0.1, -0.05) is 12.1 Å². The molecule has 0 spiro atoms. The van der Waals surface area contributed by atoms with Crippen LogP contribution in [0.5, 0.6) is 5.75 Å². The molecule has 27 heavy (non-hydrogen) atoms. The molecule has 4 rings (SSSR count). The quantitative estimate of drug-likeness (QED) is 0.730. The Balaban J connectivity index is 1.63. The number of benzene rings is 1. The normalized spacial score (nSPS) is 19.4. The lowest BCUT2D eigenvalue weighted by Crippen LogP contribution is -2.30. The average Bonchev–Trinajstić information content (AvgIpc) is 3.34. The van der Waals surface area contributed by atoms with E-state index in [0.717, 1.165) is 5.56 Å². The van der Waals surface area contributed by atoms with Crippen LogP contribution in [0.25, 0.3) is 11.0 Å². The van der Waals surface area contributed by atoms with E-state index in [-0.39, 0.29) is 24.1 Å². The van der Waals surface area contributed by atoms with Crippen LogP contribution in [0, 0.1) is 5.92 Å². The molecule has 8 nitrogen and oxygen atoms in total. The molecular formula is C19H18N4O4. The maximum atomic E-state index is 13.0. The van der Waals surface area contributed by atoms with E-state index in [1.165, 1.54) is 6.33 Å². The van der Waals surface area contributed by atoms with E-state index in [9.17, 15) is 14.7 Å². The number of nitrogens with zero attached hydrogens (tertiary/aromatic N) is 3. The number of likely N-dealkylation sites (tertiary alicyclic amines) is 1. The molecule has 0 saturated carbocycles. The number of H-pyrrole nitrogens is 1. The fourth-order valence-electron chi connectivity index (χ4n) is 3.60.